The fraction of sp³-hybridized carbons (Fsp3) is 0.154. The molecule has 0 aliphatic heterocycles. The summed E-state index contributed by atoms with van der Waals surface area (Å²) < 4.78 is 1.95. The molecule has 0 radical (unpaired) electrons. The number of nitrogens with one attached hydrogen (secondary N) is 1. The molecular weight excluding hydrogens is 432 g/mol. The Labute approximate surface area is 197 Å². The zero-order valence-electron chi connectivity index (χ0n) is 18.5. The third-order valence-corrected chi connectivity index (χ3v) is 6.16. The number of aromatic nitrogens is 3. The first-order valence-corrected chi connectivity index (χ1v) is 11.6. The van der Waals surface area contributed by atoms with Gasteiger partial charge in [0.05, 0.1) is 17.9 Å². The van der Waals surface area contributed by atoms with E-state index >= 15 is 0 Å². The van der Waals surface area contributed by atoms with Crippen molar-refractivity contribution in [3.63, 3.8) is 0 Å². The maximum atomic E-state index is 12.4. The molecule has 0 bridgehead atoms. The van der Waals surface area contributed by atoms with Crippen molar-refractivity contribution in [1.29, 1.82) is 0 Å². The number of imide groups is 1. The molecule has 0 aliphatic rings. The Bertz CT molecular complexity index is 1270. The zero-order valence-corrected chi connectivity index (χ0v) is 19.3. The van der Waals surface area contributed by atoms with Gasteiger partial charge in [0, 0.05) is 5.56 Å². The van der Waals surface area contributed by atoms with E-state index in [-0.39, 0.29) is 24.0 Å². The van der Waals surface area contributed by atoms with Gasteiger partial charge in [0.1, 0.15) is 0 Å². The summed E-state index contributed by atoms with van der Waals surface area (Å²) in [6, 6.07) is 25.3. The summed E-state index contributed by atoms with van der Waals surface area (Å²) in [4.78, 5) is 24.6. The minimum atomic E-state index is -0.364. The van der Waals surface area contributed by atoms with Crippen molar-refractivity contribution in [3.8, 4) is 17.1 Å². The van der Waals surface area contributed by atoms with Gasteiger partial charge in [-0.05, 0) is 42.7 Å². The van der Waals surface area contributed by atoms with Crippen LogP contribution in [0.4, 0.5) is 0 Å². The Balaban J connectivity index is 1.52. The Kier molecular flexibility index (Phi) is 7.00. The third kappa shape index (κ3) is 5.56. The van der Waals surface area contributed by atoms with E-state index in [1.807, 2.05) is 71.3 Å². The molecule has 33 heavy (non-hydrogen) atoms. The number of hydrogen-bond donors (Lipinski definition) is 1. The normalized spacial score (nSPS) is 10.7. The SMILES string of the molecule is Cc1ccc(-n2c(SCC(=O)NC(=O)Cc3ccccc3)nnc2-c2ccccc2)cc1C. The van der Waals surface area contributed by atoms with Crippen LogP contribution >= 0.6 is 11.8 Å². The van der Waals surface area contributed by atoms with E-state index in [1.165, 1.54) is 17.3 Å². The molecular formula is C26H24N4O2S. The summed E-state index contributed by atoms with van der Waals surface area (Å²) in [5.74, 6) is 0.0596. The predicted octanol–water partition coefficient (Wildman–Crippen LogP) is 4.53. The van der Waals surface area contributed by atoms with E-state index in [0.717, 1.165) is 22.4 Å². The highest BCUT2D eigenvalue weighted by molar-refractivity contribution is 7.99. The van der Waals surface area contributed by atoms with Crippen LogP contribution in [0.1, 0.15) is 16.7 Å². The van der Waals surface area contributed by atoms with Crippen molar-refractivity contribution in [1.82, 2.24) is 20.1 Å². The number of nitrogens with zero attached hydrogens (tertiary/aromatic N) is 3. The van der Waals surface area contributed by atoms with Gasteiger partial charge in [0.25, 0.3) is 0 Å². The maximum Gasteiger partial charge on any atom is 0.237 e. The average molecular weight is 457 g/mol. The largest absolute Gasteiger partial charge is 0.295 e. The van der Waals surface area contributed by atoms with Gasteiger partial charge in [0.2, 0.25) is 11.8 Å². The predicted molar refractivity (Wildman–Crippen MR) is 130 cm³/mol. The van der Waals surface area contributed by atoms with E-state index in [1.54, 1.807) is 0 Å². The molecule has 1 aromatic heterocycles. The summed E-state index contributed by atoms with van der Waals surface area (Å²) in [5.41, 5.74) is 5.05. The van der Waals surface area contributed by atoms with Crippen LogP contribution in [0.2, 0.25) is 0 Å². The monoisotopic (exact) mass is 456 g/mol. The van der Waals surface area contributed by atoms with Crippen molar-refractivity contribution in [2.45, 2.75) is 25.4 Å². The van der Waals surface area contributed by atoms with Gasteiger partial charge in [-0.1, -0.05) is 78.5 Å². The summed E-state index contributed by atoms with van der Waals surface area (Å²) in [5, 5.41) is 11.8. The highest BCUT2D eigenvalue weighted by atomic mass is 32.2. The molecule has 0 saturated heterocycles. The van der Waals surface area contributed by atoms with Crippen LogP contribution < -0.4 is 5.32 Å². The summed E-state index contributed by atoms with van der Waals surface area (Å²) >= 11 is 1.25. The molecule has 7 heteroatoms. The minimum absolute atomic E-state index is 0.0539. The number of benzene rings is 3. The van der Waals surface area contributed by atoms with Gasteiger partial charge in [0.15, 0.2) is 11.0 Å². The molecule has 0 fully saturated rings. The number of carbonyl (C=O) groups is 2. The van der Waals surface area contributed by atoms with Crippen molar-refractivity contribution in [2.24, 2.45) is 0 Å². The average Bonchev–Trinajstić information content (AvgIpc) is 3.24. The Morgan fingerprint density at radius 3 is 2.24 bits per heavy atom. The van der Waals surface area contributed by atoms with Gasteiger partial charge < -0.3 is 0 Å². The lowest BCUT2D eigenvalue weighted by Gasteiger charge is -2.12. The second kappa shape index (κ2) is 10.3. The smallest absolute Gasteiger partial charge is 0.237 e. The van der Waals surface area contributed by atoms with Crippen LogP contribution in [-0.4, -0.2) is 32.3 Å². The lowest BCUT2D eigenvalue weighted by Crippen LogP contribution is -2.33. The van der Waals surface area contributed by atoms with E-state index < -0.39 is 0 Å². The van der Waals surface area contributed by atoms with Gasteiger partial charge in [-0.3, -0.25) is 19.5 Å². The van der Waals surface area contributed by atoms with Crippen LogP contribution in [0.3, 0.4) is 0 Å². The fourth-order valence-electron chi connectivity index (χ4n) is 3.38. The number of carbonyl (C=O) groups excluding carboxylic acids is 2. The Hall–Kier alpha value is -3.71. The van der Waals surface area contributed by atoms with Crippen LogP contribution in [0, 0.1) is 13.8 Å². The van der Waals surface area contributed by atoms with Crippen LogP contribution in [0.15, 0.2) is 84.0 Å². The molecule has 166 valence electrons. The van der Waals surface area contributed by atoms with Crippen molar-refractivity contribution >= 4 is 23.6 Å². The highest BCUT2D eigenvalue weighted by Gasteiger charge is 2.18. The van der Waals surface area contributed by atoms with Crippen molar-refractivity contribution in [3.05, 3.63) is 95.6 Å². The Morgan fingerprint density at radius 2 is 1.55 bits per heavy atom. The van der Waals surface area contributed by atoms with Gasteiger partial charge in [-0.2, -0.15) is 0 Å². The summed E-state index contributed by atoms with van der Waals surface area (Å²) in [7, 11) is 0. The molecule has 0 atom stereocenters. The molecule has 1 heterocycles. The Morgan fingerprint density at radius 1 is 0.848 bits per heavy atom. The molecule has 6 nitrogen and oxygen atoms in total. The van der Waals surface area contributed by atoms with Crippen LogP contribution in [0.25, 0.3) is 17.1 Å². The standard InChI is InChI=1S/C26H24N4O2S/c1-18-13-14-22(15-19(18)2)30-25(21-11-7-4-8-12-21)28-29-26(30)33-17-24(32)27-23(31)16-20-9-5-3-6-10-20/h3-15H,16-17H2,1-2H3,(H,27,31,32). The van der Waals surface area contributed by atoms with E-state index in [2.05, 4.69) is 41.5 Å². The second-order valence-corrected chi connectivity index (χ2v) is 8.64. The van der Waals surface area contributed by atoms with E-state index in [4.69, 9.17) is 0 Å². The third-order valence-electron chi connectivity index (χ3n) is 5.23. The molecule has 0 unspecified atom stereocenters. The molecule has 0 aliphatic carbocycles. The first kappa shape index (κ1) is 22.5. The molecule has 3 aromatic carbocycles. The molecule has 2 amide bonds. The summed E-state index contributed by atoms with van der Waals surface area (Å²) in [6.45, 7) is 4.12. The minimum Gasteiger partial charge on any atom is -0.295 e. The fourth-order valence-corrected chi connectivity index (χ4v) is 4.13. The summed E-state index contributed by atoms with van der Waals surface area (Å²) in [6.07, 6.45) is 0.161. The molecule has 0 spiro atoms. The highest BCUT2D eigenvalue weighted by Crippen LogP contribution is 2.28. The topological polar surface area (TPSA) is 76.9 Å². The second-order valence-electron chi connectivity index (χ2n) is 7.70. The van der Waals surface area contributed by atoms with E-state index in [9.17, 15) is 9.59 Å². The number of hydrogen-bond acceptors (Lipinski definition) is 5. The van der Waals surface area contributed by atoms with Crippen molar-refractivity contribution < 1.29 is 9.59 Å². The van der Waals surface area contributed by atoms with Crippen molar-refractivity contribution in [2.75, 3.05) is 5.75 Å². The molecule has 4 rings (SSSR count). The lowest BCUT2D eigenvalue weighted by molar-refractivity contribution is -0.128. The number of rotatable bonds is 7. The van der Waals surface area contributed by atoms with Gasteiger partial charge >= 0.3 is 0 Å². The first-order chi connectivity index (χ1) is 16.0. The first-order valence-electron chi connectivity index (χ1n) is 10.6. The van der Waals surface area contributed by atoms with Crippen LogP contribution in [0.5, 0.6) is 0 Å². The molecule has 0 saturated carbocycles. The quantitative estimate of drug-likeness (QED) is 0.414. The molecule has 1 N–H and O–H groups in total. The number of aryl methyl sites for hydroxylation is 2. The van der Waals surface area contributed by atoms with Crippen LogP contribution in [-0.2, 0) is 16.0 Å². The number of amides is 2. The zero-order chi connectivity index (χ0) is 23.2. The lowest BCUT2D eigenvalue weighted by atomic mass is 10.1. The number of thioether (sulfide) groups is 1. The molecule has 4 aromatic rings. The van der Waals surface area contributed by atoms with Gasteiger partial charge in [-0.15, -0.1) is 10.2 Å². The van der Waals surface area contributed by atoms with E-state index in [0.29, 0.717) is 11.0 Å². The maximum absolute atomic E-state index is 12.4. The van der Waals surface area contributed by atoms with Gasteiger partial charge in [-0.25, -0.2) is 0 Å².